The van der Waals surface area contributed by atoms with Crippen molar-refractivity contribution in [2.75, 3.05) is 25.4 Å². The molecule has 0 bridgehead atoms. The van der Waals surface area contributed by atoms with Gasteiger partial charge in [0, 0.05) is 39.1 Å². The van der Waals surface area contributed by atoms with E-state index >= 15 is 0 Å². The van der Waals surface area contributed by atoms with E-state index in [1.54, 1.807) is 16.3 Å². The summed E-state index contributed by atoms with van der Waals surface area (Å²) in [4.78, 5) is 12.5. The van der Waals surface area contributed by atoms with Crippen LogP contribution >= 0.6 is 0 Å². The normalized spacial score (nSPS) is 21.3. The Labute approximate surface area is 159 Å². The highest BCUT2D eigenvalue weighted by Gasteiger charge is 2.30. The first-order valence-corrected chi connectivity index (χ1v) is 10.5. The number of carbonyl (C=O) groups is 1. The van der Waals surface area contributed by atoms with E-state index < -0.39 is 10.0 Å². The number of carbonyl (C=O) groups excluding carboxylic acids is 1. The maximum absolute atomic E-state index is 12.6. The molecule has 2 aromatic rings. The summed E-state index contributed by atoms with van der Waals surface area (Å²) in [5, 5.41) is 6.82. The van der Waals surface area contributed by atoms with Crippen molar-refractivity contribution in [2.24, 2.45) is 7.05 Å². The summed E-state index contributed by atoms with van der Waals surface area (Å²) in [6.45, 7) is 4.40. The van der Waals surface area contributed by atoms with Gasteiger partial charge >= 0.3 is 0 Å². The topological polar surface area (TPSA) is 98.5 Å². The van der Waals surface area contributed by atoms with E-state index in [9.17, 15) is 13.2 Å². The second-order valence-corrected chi connectivity index (χ2v) is 8.83. The summed E-state index contributed by atoms with van der Waals surface area (Å²) in [6, 6.07) is 3.71. The van der Waals surface area contributed by atoms with Crippen LogP contribution < -0.4 is 5.32 Å². The molecule has 10 heteroatoms. The van der Waals surface area contributed by atoms with Gasteiger partial charge in [-0.05, 0) is 26.0 Å². The van der Waals surface area contributed by atoms with Crippen LogP contribution in [0, 0.1) is 0 Å². The van der Waals surface area contributed by atoms with Gasteiger partial charge in [0.05, 0.1) is 24.2 Å². The molecule has 1 saturated heterocycles. The van der Waals surface area contributed by atoms with Crippen molar-refractivity contribution in [3.63, 3.8) is 0 Å². The van der Waals surface area contributed by atoms with E-state index in [4.69, 9.17) is 4.74 Å². The third-order valence-electron chi connectivity index (χ3n) is 4.43. The molecule has 0 saturated carbocycles. The fourth-order valence-corrected chi connectivity index (χ4v) is 4.74. The summed E-state index contributed by atoms with van der Waals surface area (Å²) in [5.74, 6) is 0.110. The molecule has 2 aromatic heterocycles. The number of amides is 1. The summed E-state index contributed by atoms with van der Waals surface area (Å²) < 4.78 is 35.5. The van der Waals surface area contributed by atoms with Crippen molar-refractivity contribution in [1.29, 1.82) is 0 Å². The zero-order chi connectivity index (χ0) is 19.6. The van der Waals surface area contributed by atoms with Gasteiger partial charge in [-0.2, -0.15) is 9.40 Å². The maximum atomic E-state index is 12.6. The summed E-state index contributed by atoms with van der Waals surface area (Å²) >= 11 is 0. The van der Waals surface area contributed by atoms with Crippen LogP contribution in [0.3, 0.4) is 0 Å². The fraction of sp³-hybridized carbons (Fsp3) is 0.529. The molecule has 9 nitrogen and oxygen atoms in total. The Bertz CT molecular complexity index is 881. The Morgan fingerprint density at radius 2 is 1.89 bits per heavy atom. The number of sulfonamides is 1. The Morgan fingerprint density at radius 3 is 2.52 bits per heavy atom. The van der Waals surface area contributed by atoms with Crippen LogP contribution in [-0.4, -0.2) is 70.6 Å². The van der Waals surface area contributed by atoms with Crippen LogP contribution in [0.4, 0.5) is 0 Å². The molecule has 3 rings (SSSR count). The van der Waals surface area contributed by atoms with E-state index in [1.807, 2.05) is 38.4 Å². The summed E-state index contributed by atoms with van der Waals surface area (Å²) in [7, 11) is -1.72. The molecular formula is C17H25N5O4S. The van der Waals surface area contributed by atoms with Crippen LogP contribution in [0.25, 0.3) is 5.82 Å². The van der Waals surface area contributed by atoms with Crippen molar-refractivity contribution in [3.05, 3.63) is 36.3 Å². The van der Waals surface area contributed by atoms with Gasteiger partial charge in [-0.3, -0.25) is 9.48 Å². The lowest BCUT2D eigenvalue weighted by Crippen LogP contribution is -2.49. The highest BCUT2D eigenvalue weighted by molar-refractivity contribution is 7.89. The molecule has 0 radical (unpaired) electrons. The molecule has 1 amide bonds. The van der Waals surface area contributed by atoms with E-state index in [0.29, 0.717) is 24.5 Å². The largest absolute Gasteiger partial charge is 0.373 e. The zero-order valence-corrected chi connectivity index (χ0v) is 16.5. The second-order valence-electron chi connectivity index (χ2n) is 6.74. The molecule has 1 N–H and O–H groups in total. The van der Waals surface area contributed by atoms with Gasteiger partial charge < -0.3 is 14.6 Å². The van der Waals surface area contributed by atoms with Gasteiger partial charge in [0.25, 0.3) is 5.91 Å². The van der Waals surface area contributed by atoms with Gasteiger partial charge in [0.1, 0.15) is 11.4 Å². The first-order chi connectivity index (χ1) is 12.8. The summed E-state index contributed by atoms with van der Waals surface area (Å²) in [5.41, 5.74) is 0.389. The first kappa shape index (κ1) is 19.6. The Kier molecular flexibility index (Phi) is 5.68. The lowest BCUT2D eigenvalue weighted by atomic mass is 10.3. The Morgan fingerprint density at radius 1 is 1.26 bits per heavy atom. The van der Waals surface area contributed by atoms with Crippen molar-refractivity contribution in [1.82, 2.24) is 24.0 Å². The third-order valence-corrected chi connectivity index (χ3v) is 6.23. The van der Waals surface area contributed by atoms with Crippen molar-refractivity contribution < 1.29 is 17.9 Å². The van der Waals surface area contributed by atoms with Gasteiger partial charge in [0.15, 0.2) is 0 Å². The fourth-order valence-electron chi connectivity index (χ4n) is 3.25. The molecule has 148 valence electrons. The van der Waals surface area contributed by atoms with Gasteiger partial charge in [-0.25, -0.2) is 8.42 Å². The van der Waals surface area contributed by atoms with Crippen LogP contribution in [-0.2, 0) is 21.8 Å². The highest BCUT2D eigenvalue weighted by Crippen LogP contribution is 2.15. The van der Waals surface area contributed by atoms with Crippen molar-refractivity contribution in [3.8, 4) is 5.82 Å². The molecule has 1 aliphatic heterocycles. The smallest absolute Gasteiger partial charge is 0.256 e. The molecule has 1 aliphatic rings. The number of hydrogen-bond acceptors (Lipinski definition) is 5. The second kappa shape index (κ2) is 7.83. The van der Waals surface area contributed by atoms with Gasteiger partial charge in [-0.15, -0.1) is 0 Å². The number of ether oxygens (including phenoxy) is 1. The predicted molar refractivity (Wildman–Crippen MR) is 100 cm³/mol. The SMILES string of the molecule is CC1CN(S(=O)(=O)CCNC(=O)c2cnn(C)c2-n2cccc2)CC(C)O1. The standard InChI is InChI=1S/C17H25N5O4S/c1-13-11-22(12-14(2)26-13)27(24,25)9-6-18-16(23)15-10-19-20(3)17(15)21-7-4-5-8-21/h4-5,7-8,10,13-14H,6,9,11-12H2,1-3H3,(H,18,23). The third kappa shape index (κ3) is 4.40. The number of aromatic nitrogens is 3. The lowest BCUT2D eigenvalue weighted by molar-refractivity contribution is -0.0440. The molecule has 0 aliphatic carbocycles. The number of nitrogens with zero attached hydrogens (tertiary/aromatic N) is 4. The molecule has 3 heterocycles. The van der Waals surface area contributed by atoms with Crippen molar-refractivity contribution >= 4 is 15.9 Å². The molecule has 2 unspecified atom stereocenters. The number of nitrogens with one attached hydrogen (secondary N) is 1. The lowest BCUT2D eigenvalue weighted by Gasteiger charge is -2.34. The van der Waals surface area contributed by atoms with E-state index in [0.717, 1.165) is 0 Å². The van der Waals surface area contributed by atoms with E-state index in [-0.39, 0.29) is 30.4 Å². The molecule has 27 heavy (non-hydrogen) atoms. The minimum absolute atomic E-state index is 0.0291. The minimum atomic E-state index is -3.46. The van der Waals surface area contributed by atoms with E-state index in [2.05, 4.69) is 10.4 Å². The first-order valence-electron chi connectivity index (χ1n) is 8.85. The molecular weight excluding hydrogens is 370 g/mol. The van der Waals surface area contributed by atoms with Crippen molar-refractivity contribution in [2.45, 2.75) is 26.1 Å². The van der Waals surface area contributed by atoms with Crippen LogP contribution in [0.5, 0.6) is 0 Å². The van der Waals surface area contributed by atoms with E-state index in [1.165, 1.54) is 10.5 Å². The number of morpholine rings is 1. The van der Waals surface area contributed by atoms with Gasteiger partial charge in [-0.1, -0.05) is 0 Å². The Hall–Kier alpha value is -2.17. The predicted octanol–water partition coefficient (Wildman–Crippen LogP) is 0.380. The molecule has 1 fully saturated rings. The summed E-state index contributed by atoms with van der Waals surface area (Å²) in [6.07, 6.45) is 4.83. The number of rotatable bonds is 6. The van der Waals surface area contributed by atoms with Crippen LogP contribution in [0.15, 0.2) is 30.7 Å². The average Bonchev–Trinajstić information content (AvgIpc) is 3.22. The van der Waals surface area contributed by atoms with Crippen LogP contribution in [0.2, 0.25) is 0 Å². The van der Waals surface area contributed by atoms with Crippen LogP contribution in [0.1, 0.15) is 24.2 Å². The number of hydrogen-bond donors (Lipinski definition) is 1. The monoisotopic (exact) mass is 395 g/mol. The quantitative estimate of drug-likeness (QED) is 0.762. The molecule has 2 atom stereocenters. The number of aryl methyl sites for hydroxylation is 1. The van der Waals surface area contributed by atoms with Gasteiger partial charge in [0.2, 0.25) is 10.0 Å². The molecule has 0 aromatic carbocycles. The maximum Gasteiger partial charge on any atom is 0.256 e. The molecule has 0 spiro atoms. The highest BCUT2D eigenvalue weighted by atomic mass is 32.2. The zero-order valence-electron chi connectivity index (χ0n) is 15.7. The Balaban J connectivity index is 1.62. The average molecular weight is 395 g/mol. The minimum Gasteiger partial charge on any atom is -0.373 e.